The quantitative estimate of drug-likeness (QED) is 0.511. The topological polar surface area (TPSA) is 77.9 Å². The summed E-state index contributed by atoms with van der Waals surface area (Å²) in [5.41, 5.74) is 0.160. The molecule has 4 aliphatic rings. The summed E-state index contributed by atoms with van der Waals surface area (Å²) in [5, 5.41) is 3.14. The first-order valence-corrected chi connectivity index (χ1v) is 13.0. The molecule has 0 aromatic carbocycles. The molecule has 1 aromatic heterocycles. The molecule has 3 aliphatic carbocycles. The summed E-state index contributed by atoms with van der Waals surface area (Å²) in [7, 11) is 0. The van der Waals surface area contributed by atoms with Crippen molar-refractivity contribution >= 4 is 17.6 Å². The van der Waals surface area contributed by atoms with Crippen molar-refractivity contribution < 1.29 is 9.59 Å². The summed E-state index contributed by atoms with van der Waals surface area (Å²) in [6.07, 6.45) is 12.7. The Bertz CT molecular complexity index is 864. The molecule has 1 aromatic rings. The lowest BCUT2D eigenvalue weighted by Crippen LogP contribution is -2.53. The van der Waals surface area contributed by atoms with Gasteiger partial charge in [-0.25, -0.2) is 4.99 Å². The van der Waals surface area contributed by atoms with Crippen molar-refractivity contribution in [3.63, 3.8) is 0 Å². The zero-order valence-corrected chi connectivity index (χ0v) is 19.7. The lowest BCUT2D eigenvalue weighted by Gasteiger charge is -2.38. The van der Waals surface area contributed by atoms with Crippen LogP contribution < -0.4 is 5.32 Å². The molecule has 7 heteroatoms. The van der Waals surface area contributed by atoms with Crippen molar-refractivity contribution in [1.29, 1.82) is 0 Å². The molecule has 1 saturated heterocycles. The van der Waals surface area contributed by atoms with Crippen LogP contribution >= 0.6 is 0 Å². The number of nitrogens with zero attached hydrogens (tertiary/aromatic N) is 4. The van der Waals surface area contributed by atoms with Crippen LogP contribution in [0.25, 0.3) is 0 Å². The SMILES string of the molecule is O=C(C1CCCCC1)N1CCN(C(=NC2(C(=O)NCCC3CC3)CC2)c2ccccn2)CC1. The van der Waals surface area contributed by atoms with Crippen LogP contribution in [0.5, 0.6) is 0 Å². The number of hydrogen-bond acceptors (Lipinski definition) is 4. The molecule has 33 heavy (non-hydrogen) atoms. The van der Waals surface area contributed by atoms with E-state index in [2.05, 4.69) is 15.2 Å². The maximum atomic E-state index is 13.0. The Labute approximate surface area is 197 Å². The molecule has 1 aliphatic heterocycles. The van der Waals surface area contributed by atoms with Gasteiger partial charge in [-0.3, -0.25) is 14.6 Å². The van der Waals surface area contributed by atoms with E-state index in [1.165, 1.54) is 32.1 Å². The number of amidine groups is 1. The van der Waals surface area contributed by atoms with Gasteiger partial charge in [-0.1, -0.05) is 38.2 Å². The lowest BCUT2D eigenvalue weighted by molar-refractivity contribution is -0.137. The lowest BCUT2D eigenvalue weighted by atomic mass is 9.88. The number of carbonyl (C=O) groups excluding carboxylic acids is 2. The van der Waals surface area contributed by atoms with Crippen LogP contribution in [0, 0.1) is 11.8 Å². The van der Waals surface area contributed by atoms with E-state index in [0.717, 1.165) is 69.2 Å². The Morgan fingerprint density at radius 2 is 1.73 bits per heavy atom. The van der Waals surface area contributed by atoms with E-state index in [1.54, 1.807) is 6.20 Å². The van der Waals surface area contributed by atoms with Crippen LogP contribution in [0.4, 0.5) is 0 Å². The van der Waals surface area contributed by atoms with Crippen LogP contribution in [0.3, 0.4) is 0 Å². The molecule has 178 valence electrons. The zero-order valence-electron chi connectivity index (χ0n) is 19.7. The maximum Gasteiger partial charge on any atom is 0.248 e. The van der Waals surface area contributed by atoms with Gasteiger partial charge in [-0.15, -0.1) is 0 Å². The first-order chi connectivity index (χ1) is 16.1. The molecule has 3 saturated carbocycles. The molecular formula is C26H37N5O2. The third-order valence-corrected chi connectivity index (χ3v) is 7.74. The normalized spacial score (nSPS) is 23.3. The number of aromatic nitrogens is 1. The molecule has 0 radical (unpaired) electrons. The van der Waals surface area contributed by atoms with E-state index in [-0.39, 0.29) is 11.8 Å². The van der Waals surface area contributed by atoms with E-state index in [4.69, 9.17) is 4.99 Å². The van der Waals surface area contributed by atoms with Gasteiger partial charge in [0.2, 0.25) is 11.8 Å². The molecule has 2 heterocycles. The standard InChI is InChI=1S/C26H37N5O2/c32-24(21-6-2-1-3-7-21)31-18-16-30(17-19-31)23(22-8-4-5-14-27-22)29-26(12-13-26)25(33)28-15-11-20-9-10-20/h4-5,8,14,20-21H,1-3,6-7,9-13,15-19H2,(H,28,33). The highest BCUT2D eigenvalue weighted by Gasteiger charge is 2.51. The molecule has 5 rings (SSSR count). The van der Waals surface area contributed by atoms with E-state index in [9.17, 15) is 9.59 Å². The fraction of sp³-hybridized carbons (Fsp3) is 0.692. The van der Waals surface area contributed by atoms with Gasteiger partial charge < -0.3 is 15.1 Å². The molecule has 2 amide bonds. The summed E-state index contributed by atoms with van der Waals surface area (Å²) in [5.74, 6) is 2.21. The Morgan fingerprint density at radius 1 is 1.00 bits per heavy atom. The Hall–Kier alpha value is -2.44. The fourth-order valence-corrected chi connectivity index (χ4v) is 5.20. The Kier molecular flexibility index (Phi) is 6.65. The van der Waals surface area contributed by atoms with Gasteiger partial charge in [0.15, 0.2) is 5.84 Å². The van der Waals surface area contributed by atoms with Crippen LogP contribution in [-0.4, -0.2) is 70.7 Å². The number of nitrogens with one attached hydrogen (secondary N) is 1. The highest BCUT2D eigenvalue weighted by Crippen LogP contribution is 2.41. The molecule has 0 unspecified atom stereocenters. The number of piperazine rings is 1. The highest BCUT2D eigenvalue weighted by molar-refractivity contribution is 6.01. The predicted octanol–water partition coefficient (Wildman–Crippen LogP) is 3.00. The van der Waals surface area contributed by atoms with Crippen molar-refractivity contribution in [2.45, 2.75) is 69.7 Å². The fourth-order valence-electron chi connectivity index (χ4n) is 5.20. The van der Waals surface area contributed by atoms with Crippen LogP contribution in [-0.2, 0) is 9.59 Å². The summed E-state index contributed by atoms with van der Waals surface area (Å²) >= 11 is 0. The number of aliphatic imine (C=N–C) groups is 1. The highest BCUT2D eigenvalue weighted by atomic mass is 16.2. The van der Waals surface area contributed by atoms with Crippen LogP contribution in [0.1, 0.15) is 69.9 Å². The van der Waals surface area contributed by atoms with Crippen molar-refractivity contribution in [2.75, 3.05) is 32.7 Å². The summed E-state index contributed by atoms with van der Waals surface area (Å²) in [4.78, 5) is 39.9. The molecule has 0 atom stereocenters. The van der Waals surface area contributed by atoms with E-state index < -0.39 is 5.54 Å². The van der Waals surface area contributed by atoms with Crippen LogP contribution in [0.2, 0.25) is 0 Å². The smallest absolute Gasteiger partial charge is 0.248 e. The van der Waals surface area contributed by atoms with Gasteiger partial charge in [-0.05, 0) is 50.2 Å². The number of pyridine rings is 1. The van der Waals surface area contributed by atoms with E-state index in [1.807, 2.05) is 23.1 Å². The molecular weight excluding hydrogens is 414 g/mol. The summed E-state index contributed by atoms with van der Waals surface area (Å²) in [6.45, 7) is 3.63. The molecule has 1 N–H and O–H groups in total. The average molecular weight is 452 g/mol. The molecule has 0 spiro atoms. The second-order valence-corrected chi connectivity index (χ2v) is 10.3. The molecule has 7 nitrogen and oxygen atoms in total. The second kappa shape index (κ2) is 9.82. The predicted molar refractivity (Wildman–Crippen MR) is 128 cm³/mol. The second-order valence-electron chi connectivity index (χ2n) is 10.3. The first kappa shape index (κ1) is 22.4. The monoisotopic (exact) mass is 451 g/mol. The number of rotatable bonds is 7. The van der Waals surface area contributed by atoms with E-state index >= 15 is 0 Å². The summed E-state index contributed by atoms with van der Waals surface area (Å²) < 4.78 is 0. The van der Waals surface area contributed by atoms with Gasteiger partial charge in [0.25, 0.3) is 0 Å². The minimum atomic E-state index is -0.647. The molecule has 0 bridgehead atoms. The van der Waals surface area contributed by atoms with Crippen molar-refractivity contribution in [2.24, 2.45) is 16.8 Å². The minimum absolute atomic E-state index is 0.0580. The summed E-state index contributed by atoms with van der Waals surface area (Å²) in [6, 6.07) is 5.84. The number of hydrogen-bond donors (Lipinski definition) is 1. The number of amides is 2. The Morgan fingerprint density at radius 3 is 2.36 bits per heavy atom. The number of carbonyl (C=O) groups is 2. The third kappa shape index (κ3) is 5.39. The van der Waals surface area contributed by atoms with Gasteiger partial charge in [0, 0.05) is 44.8 Å². The van der Waals surface area contributed by atoms with Crippen molar-refractivity contribution in [3.8, 4) is 0 Å². The average Bonchev–Trinajstić information content (AvgIpc) is 3.80. The maximum absolute atomic E-state index is 13.0. The van der Waals surface area contributed by atoms with Crippen molar-refractivity contribution in [3.05, 3.63) is 30.1 Å². The largest absolute Gasteiger partial charge is 0.354 e. The first-order valence-electron chi connectivity index (χ1n) is 13.0. The van der Waals surface area contributed by atoms with Crippen LogP contribution in [0.15, 0.2) is 29.4 Å². The Balaban J connectivity index is 1.26. The van der Waals surface area contributed by atoms with Gasteiger partial charge in [0.05, 0.1) is 0 Å². The molecule has 4 fully saturated rings. The van der Waals surface area contributed by atoms with Gasteiger partial charge >= 0.3 is 0 Å². The third-order valence-electron chi connectivity index (χ3n) is 7.74. The van der Waals surface area contributed by atoms with Gasteiger partial charge in [0.1, 0.15) is 11.2 Å². The van der Waals surface area contributed by atoms with Gasteiger partial charge in [-0.2, -0.15) is 0 Å². The minimum Gasteiger partial charge on any atom is -0.354 e. The van der Waals surface area contributed by atoms with E-state index in [0.29, 0.717) is 19.0 Å². The zero-order chi connectivity index (χ0) is 22.7. The van der Waals surface area contributed by atoms with Crippen molar-refractivity contribution in [1.82, 2.24) is 20.1 Å².